The van der Waals surface area contributed by atoms with Crippen LogP contribution < -0.4 is 9.47 Å². The van der Waals surface area contributed by atoms with Gasteiger partial charge in [-0.2, -0.15) is 4.98 Å². The quantitative estimate of drug-likeness (QED) is 0.837. The Hall–Kier alpha value is -2.61. The minimum atomic E-state index is 0.0132. The number of aryl methyl sites for hydroxylation is 1. The van der Waals surface area contributed by atoms with Crippen molar-refractivity contribution in [2.75, 3.05) is 33.0 Å². The third kappa shape index (κ3) is 3.05. The van der Waals surface area contributed by atoms with E-state index in [0.29, 0.717) is 41.9 Å². The second kappa shape index (κ2) is 6.36. The summed E-state index contributed by atoms with van der Waals surface area (Å²) in [6, 6.07) is 5.36. The van der Waals surface area contributed by atoms with E-state index < -0.39 is 0 Å². The smallest absolute Gasteiger partial charge is 0.254 e. The van der Waals surface area contributed by atoms with Crippen molar-refractivity contribution in [1.29, 1.82) is 0 Å². The zero-order valence-corrected chi connectivity index (χ0v) is 14.3. The fourth-order valence-electron chi connectivity index (χ4n) is 3.16. The Labute approximate surface area is 145 Å². The number of amides is 1. The van der Waals surface area contributed by atoms with Crippen LogP contribution in [-0.4, -0.2) is 58.8 Å². The molecule has 1 unspecified atom stereocenters. The molecule has 0 N–H and O–H groups in total. The third-order valence-corrected chi connectivity index (χ3v) is 4.67. The van der Waals surface area contributed by atoms with Gasteiger partial charge in [0.15, 0.2) is 17.3 Å². The molecule has 1 amide bonds. The van der Waals surface area contributed by atoms with Gasteiger partial charge in [0.05, 0.1) is 6.04 Å². The van der Waals surface area contributed by atoms with Gasteiger partial charge in [-0.3, -0.25) is 9.69 Å². The third-order valence-electron chi connectivity index (χ3n) is 4.67. The molecule has 132 valence electrons. The predicted molar refractivity (Wildman–Crippen MR) is 87.5 cm³/mol. The van der Waals surface area contributed by atoms with E-state index in [1.165, 1.54) is 0 Å². The van der Waals surface area contributed by atoms with Crippen LogP contribution in [0.15, 0.2) is 22.7 Å². The Kier molecular flexibility index (Phi) is 4.04. The van der Waals surface area contributed by atoms with Crippen LogP contribution in [0.5, 0.6) is 11.5 Å². The van der Waals surface area contributed by atoms with Gasteiger partial charge in [0.1, 0.15) is 0 Å². The van der Waals surface area contributed by atoms with Gasteiger partial charge in [-0.25, -0.2) is 0 Å². The van der Waals surface area contributed by atoms with Crippen LogP contribution in [0.4, 0.5) is 0 Å². The topological polar surface area (TPSA) is 80.9 Å². The Bertz CT molecular complexity index is 783. The molecule has 4 rings (SSSR count). The molecule has 25 heavy (non-hydrogen) atoms. The summed E-state index contributed by atoms with van der Waals surface area (Å²) < 4.78 is 15.9. The number of hydrogen-bond acceptors (Lipinski definition) is 7. The molecule has 0 saturated carbocycles. The monoisotopic (exact) mass is 344 g/mol. The molecular formula is C17H20N4O4. The molecule has 0 aliphatic carbocycles. The number of ether oxygens (including phenoxy) is 2. The Morgan fingerprint density at radius 3 is 2.64 bits per heavy atom. The largest absolute Gasteiger partial charge is 0.454 e. The van der Waals surface area contributed by atoms with Crippen molar-refractivity contribution < 1.29 is 18.8 Å². The van der Waals surface area contributed by atoms with Gasteiger partial charge < -0.3 is 18.9 Å². The normalized spacial score (nSPS) is 18.4. The summed E-state index contributed by atoms with van der Waals surface area (Å²) in [5.74, 6) is 2.58. The number of nitrogens with zero attached hydrogens (tertiary/aromatic N) is 4. The zero-order valence-electron chi connectivity index (χ0n) is 14.3. The standard InChI is InChI=1S/C17H20N4O4/c1-11(16-18-12(2)19-25-16)20-5-7-21(8-6-20)17(22)13-3-4-14-15(9-13)24-10-23-14/h3-4,9,11H,5-8,10H2,1-2H3. The highest BCUT2D eigenvalue weighted by Gasteiger charge is 2.28. The molecule has 8 heteroatoms. The van der Waals surface area contributed by atoms with Gasteiger partial charge in [0.25, 0.3) is 5.91 Å². The first-order valence-corrected chi connectivity index (χ1v) is 8.35. The number of rotatable bonds is 3. The van der Waals surface area contributed by atoms with Crippen LogP contribution in [0, 0.1) is 6.92 Å². The van der Waals surface area contributed by atoms with Crippen LogP contribution in [0.1, 0.15) is 35.0 Å². The average Bonchev–Trinajstić information content (AvgIpc) is 3.28. The molecule has 2 aliphatic rings. The lowest BCUT2D eigenvalue weighted by atomic mass is 10.1. The van der Waals surface area contributed by atoms with Crippen molar-refractivity contribution in [2.45, 2.75) is 19.9 Å². The number of carbonyl (C=O) groups is 1. The lowest BCUT2D eigenvalue weighted by Crippen LogP contribution is -2.49. The Balaban J connectivity index is 1.39. The molecule has 1 atom stereocenters. The summed E-state index contributed by atoms with van der Waals surface area (Å²) in [7, 11) is 0. The van der Waals surface area contributed by atoms with Crippen LogP contribution in [0.2, 0.25) is 0 Å². The van der Waals surface area contributed by atoms with Gasteiger partial charge in [-0.05, 0) is 32.0 Å². The molecule has 2 aliphatic heterocycles. The van der Waals surface area contributed by atoms with Crippen LogP contribution >= 0.6 is 0 Å². The molecule has 1 fully saturated rings. The second-order valence-corrected chi connectivity index (χ2v) is 6.25. The first-order chi connectivity index (χ1) is 12.1. The van der Waals surface area contributed by atoms with Gasteiger partial charge in [-0.1, -0.05) is 5.16 Å². The molecule has 1 aromatic carbocycles. The molecule has 1 aromatic heterocycles. The first kappa shape index (κ1) is 15.9. The Morgan fingerprint density at radius 1 is 1.16 bits per heavy atom. The molecule has 0 spiro atoms. The van der Waals surface area contributed by atoms with Gasteiger partial charge in [0.2, 0.25) is 12.7 Å². The SMILES string of the molecule is Cc1noc(C(C)N2CCN(C(=O)c3ccc4c(c3)OCO4)CC2)n1. The summed E-state index contributed by atoms with van der Waals surface area (Å²) in [5.41, 5.74) is 0.623. The van der Waals surface area contributed by atoms with E-state index in [9.17, 15) is 4.79 Å². The van der Waals surface area contributed by atoms with E-state index in [4.69, 9.17) is 14.0 Å². The lowest BCUT2D eigenvalue weighted by molar-refractivity contribution is 0.0551. The van der Waals surface area contributed by atoms with Crippen molar-refractivity contribution in [2.24, 2.45) is 0 Å². The highest BCUT2D eigenvalue weighted by Crippen LogP contribution is 2.33. The highest BCUT2D eigenvalue weighted by atomic mass is 16.7. The van der Waals surface area contributed by atoms with Gasteiger partial charge >= 0.3 is 0 Å². The predicted octanol–water partition coefficient (Wildman–Crippen LogP) is 1.63. The van der Waals surface area contributed by atoms with E-state index in [2.05, 4.69) is 15.0 Å². The summed E-state index contributed by atoms with van der Waals surface area (Å²) in [6.07, 6.45) is 0. The molecule has 1 saturated heterocycles. The average molecular weight is 344 g/mol. The maximum absolute atomic E-state index is 12.7. The molecule has 3 heterocycles. The van der Waals surface area contributed by atoms with E-state index in [-0.39, 0.29) is 18.7 Å². The molecule has 0 radical (unpaired) electrons. The fourth-order valence-corrected chi connectivity index (χ4v) is 3.16. The van der Waals surface area contributed by atoms with Crippen molar-refractivity contribution in [1.82, 2.24) is 19.9 Å². The minimum absolute atomic E-state index is 0.0132. The number of aromatic nitrogens is 2. The lowest BCUT2D eigenvalue weighted by Gasteiger charge is -2.36. The summed E-state index contributed by atoms with van der Waals surface area (Å²) in [6.45, 7) is 6.90. The van der Waals surface area contributed by atoms with E-state index >= 15 is 0 Å². The number of piperazine rings is 1. The van der Waals surface area contributed by atoms with Crippen molar-refractivity contribution in [3.05, 3.63) is 35.5 Å². The highest BCUT2D eigenvalue weighted by molar-refractivity contribution is 5.95. The number of benzene rings is 1. The summed E-state index contributed by atoms with van der Waals surface area (Å²) in [4.78, 5) is 21.1. The maximum Gasteiger partial charge on any atom is 0.254 e. The zero-order chi connectivity index (χ0) is 17.4. The summed E-state index contributed by atoms with van der Waals surface area (Å²) >= 11 is 0. The van der Waals surface area contributed by atoms with Crippen LogP contribution in [0.3, 0.4) is 0 Å². The number of fused-ring (bicyclic) bond motifs is 1. The van der Waals surface area contributed by atoms with Crippen molar-refractivity contribution >= 4 is 5.91 Å². The number of hydrogen-bond donors (Lipinski definition) is 0. The summed E-state index contributed by atoms with van der Waals surface area (Å²) in [5, 5.41) is 3.84. The van der Waals surface area contributed by atoms with Crippen molar-refractivity contribution in [3.8, 4) is 11.5 Å². The van der Waals surface area contributed by atoms with E-state index in [0.717, 1.165) is 13.1 Å². The first-order valence-electron chi connectivity index (χ1n) is 8.35. The van der Waals surface area contributed by atoms with Crippen LogP contribution in [0.25, 0.3) is 0 Å². The van der Waals surface area contributed by atoms with Gasteiger partial charge in [-0.15, -0.1) is 0 Å². The second-order valence-electron chi connectivity index (χ2n) is 6.25. The van der Waals surface area contributed by atoms with E-state index in [1.54, 1.807) is 18.2 Å². The molecule has 2 aromatic rings. The van der Waals surface area contributed by atoms with Gasteiger partial charge in [0, 0.05) is 31.7 Å². The Morgan fingerprint density at radius 2 is 1.92 bits per heavy atom. The molecule has 8 nitrogen and oxygen atoms in total. The maximum atomic E-state index is 12.7. The fraction of sp³-hybridized carbons (Fsp3) is 0.471. The molecule has 0 bridgehead atoms. The number of carbonyl (C=O) groups excluding carboxylic acids is 1. The van der Waals surface area contributed by atoms with Crippen molar-refractivity contribution in [3.63, 3.8) is 0 Å². The van der Waals surface area contributed by atoms with E-state index in [1.807, 2.05) is 18.7 Å². The minimum Gasteiger partial charge on any atom is -0.454 e. The molecular weight excluding hydrogens is 324 g/mol. The van der Waals surface area contributed by atoms with Crippen LogP contribution in [-0.2, 0) is 0 Å².